The first-order chi connectivity index (χ1) is 12.2. The van der Waals surface area contributed by atoms with Crippen molar-refractivity contribution in [1.29, 1.82) is 0 Å². The highest BCUT2D eigenvalue weighted by molar-refractivity contribution is 5.97. The lowest BCUT2D eigenvalue weighted by atomic mass is 9.97. The van der Waals surface area contributed by atoms with Crippen LogP contribution in [0.15, 0.2) is 24.3 Å². The maximum absolute atomic E-state index is 12.5. The van der Waals surface area contributed by atoms with Gasteiger partial charge in [-0.2, -0.15) is 0 Å². The third-order valence-electron chi connectivity index (χ3n) is 5.20. The van der Waals surface area contributed by atoms with Crippen molar-refractivity contribution in [2.24, 2.45) is 0 Å². The summed E-state index contributed by atoms with van der Waals surface area (Å²) >= 11 is 0. The van der Waals surface area contributed by atoms with Crippen LogP contribution in [-0.4, -0.2) is 36.0 Å². The molecule has 0 bridgehead atoms. The molecule has 5 heteroatoms. The Bertz CT molecular complexity index is 588. The van der Waals surface area contributed by atoms with E-state index in [9.17, 15) is 9.59 Å². The van der Waals surface area contributed by atoms with Crippen molar-refractivity contribution in [1.82, 2.24) is 10.2 Å². The number of carbonyl (C=O) groups is 2. The monoisotopic (exact) mass is 343 g/mol. The molecule has 0 unspecified atom stereocenters. The first kappa shape index (κ1) is 17.8. The summed E-state index contributed by atoms with van der Waals surface area (Å²) in [5, 5.41) is 5.98. The van der Waals surface area contributed by atoms with Crippen molar-refractivity contribution >= 4 is 17.6 Å². The van der Waals surface area contributed by atoms with Gasteiger partial charge in [0.15, 0.2) is 0 Å². The largest absolute Gasteiger partial charge is 0.339 e. The van der Waals surface area contributed by atoms with Gasteiger partial charge in [-0.25, -0.2) is 4.79 Å². The van der Waals surface area contributed by atoms with Gasteiger partial charge in [0.25, 0.3) is 5.91 Å². The van der Waals surface area contributed by atoms with Crippen LogP contribution in [0.4, 0.5) is 10.5 Å². The number of hydrogen-bond donors (Lipinski definition) is 2. The number of carbonyl (C=O) groups excluding carboxylic acids is 2. The maximum atomic E-state index is 12.5. The molecule has 1 aliphatic carbocycles. The summed E-state index contributed by atoms with van der Waals surface area (Å²) < 4.78 is 0. The molecule has 3 amide bonds. The van der Waals surface area contributed by atoms with Gasteiger partial charge in [0.2, 0.25) is 0 Å². The topological polar surface area (TPSA) is 61.4 Å². The Morgan fingerprint density at radius 1 is 0.920 bits per heavy atom. The van der Waals surface area contributed by atoms with Gasteiger partial charge in [-0.3, -0.25) is 4.79 Å². The third kappa shape index (κ3) is 5.21. The molecule has 136 valence electrons. The zero-order valence-electron chi connectivity index (χ0n) is 14.9. The summed E-state index contributed by atoms with van der Waals surface area (Å²) in [5.41, 5.74) is 1.32. The average Bonchev–Trinajstić information content (AvgIpc) is 3.11. The standard InChI is InChI=1S/C20H29N3O2/c24-19(23-13-6-7-14-23)16-9-8-12-18(15-16)22-20(25)21-17-10-4-2-1-3-5-11-17/h8-9,12,15,17H,1-7,10-11,13-14H2,(H2,21,22,25). The molecule has 1 saturated heterocycles. The summed E-state index contributed by atoms with van der Waals surface area (Å²) in [6.45, 7) is 1.66. The minimum atomic E-state index is -0.170. The molecule has 2 fully saturated rings. The number of nitrogens with zero attached hydrogens (tertiary/aromatic N) is 1. The van der Waals surface area contributed by atoms with E-state index in [1.807, 2.05) is 23.1 Å². The fourth-order valence-electron chi connectivity index (χ4n) is 3.79. The van der Waals surface area contributed by atoms with Crippen LogP contribution in [-0.2, 0) is 0 Å². The average molecular weight is 343 g/mol. The highest BCUT2D eigenvalue weighted by Gasteiger charge is 2.20. The smallest absolute Gasteiger partial charge is 0.319 e. The molecule has 0 spiro atoms. The van der Waals surface area contributed by atoms with Crippen LogP contribution in [0.5, 0.6) is 0 Å². The van der Waals surface area contributed by atoms with Crippen molar-refractivity contribution in [2.45, 2.75) is 63.8 Å². The van der Waals surface area contributed by atoms with E-state index in [0.29, 0.717) is 11.3 Å². The Labute approximate surface area is 150 Å². The summed E-state index contributed by atoms with van der Waals surface area (Å²) in [6, 6.07) is 7.34. The molecular weight excluding hydrogens is 314 g/mol. The summed E-state index contributed by atoms with van der Waals surface area (Å²) in [6.07, 6.45) is 10.5. The number of anilines is 1. The Balaban J connectivity index is 1.55. The van der Waals surface area contributed by atoms with E-state index in [1.54, 1.807) is 6.07 Å². The van der Waals surface area contributed by atoms with Crippen molar-refractivity contribution < 1.29 is 9.59 Å². The molecule has 1 saturated carbocycles. The molecule has 2 N–H and O–H groups in total. The van der Waals surface area contributed by atoms with E-state index < -0.39 is 0 Å². The van der Waals surface area contributed by atoms with E-state index in [2.05, 4.69) is 10.6 Å². The van der Waals surface area contributed by atoms with Crippen molar-refractivity contribution in [3.05, 3.63) is 29.8 Å². The van der Waals surface area contributed by atoms with Gasteiger partial charge in [-0.1, -0.05) is 38.2 Å². The Hall–Kier alpha value is -2.04. The Morgan fingerprint density at radius 3 is 2.32 bits per heavy atom. The van der Waals surface area contributed by atoms with Crippen LogP contribution >= 0.6 is 0 Å². The lowest BCUT2D eigenvalue weighted by molar-refractivity contribution is 0.0793. The zero-order chi connectivity index (χ0) is 17.5. The van der Waals surface area contributed by atoms with Crippen LogP contribution in [0.3, 0.4) is 0 Å². The molecule has 0 atom stereocenters. The Kier molecular flexibility index (Phi) is 6.31. The van der Waals surface area contributed by atoms with Crippen LogP contribution in [0.2, 0.25) is 0 Å². The number of hydrogen-bond acceptors (Lipinski definition) is 2. The van der Waals surface area contributed by atoms with Crippen molar-refractivity contribution in [2.75, 3.05) is 18.4 Å². The van der Waals surface area contributed by atoms with Gasteiger partial charge < -0.3 is 15.5 Å². The van der Waals surface area contributed by atoms with Gasteiger partial charge in [-0.15, -0.1) is 0 Å². The molecule has 1 heterocycles. The second-order valence-corrected chi connectivity index (χ2v) is 7.22. The third-order valence-corrected chi connectivity index (χ3v) is 5.20. The van der Waals surface area contributed by atoms with E-state index in [1.165, 1.54) is 32.1 Å². The van der Waals surface area contributed by atoms with Crippen molar-refractivity contribution in [3.63, 3.8) is 0 Å². The fraction of sp³-hybridized carbons (Fsp3) is 0.600. The summed E-state index contributed by atoms with van der Waals surface area (Å²) in [5.74, 6) is 0.0570. The van der Waals surface area contributed by atoms with E-state index >= 15 is 0 Å². The quantitative estimate of drug-likeness (QED) is 0.866. The fourth-order valence-corrected chi connectivity index (χ4v) is 3.79. The second-order valence-electron chi connectivity index (χ2n) is 7.22. The molecule has 5 nitrogen and oxygen atoms in total. The minimum absolute atomic E-state index is 0.0570. The second kappa shape index (κ2) is 8.88. The van der Waals surface area contributed by atoms with Gasteiger partial charge >= 0.3 is 6.03 Å². The molecule has 2 aliphatic rings. The van der Waals surface area contributed by atoms with Crippen LogP contribution < -0.4 is 10.6 Å². The maximum Gasteiger partial charge on any atom is 0.319 e. The highest BCUT2D eigenvalue weighted by atomic mass is 16.2. The lowest BCUT2D eigenvalue weighted by Crippen LogP contribution is -2.38. The molecular formula is C20H29N3O2. The molecule has 1 aliphatic heterocycles. The number of nitrogens with one attached hydrogen (secondary N) is 2. The van der Waals surface area contributed by atoms with Crippen molar-refractivity contribution in [3.8, 4) is 0 Å². The summed E-state index contributed by atoms with van der Waals surface area (Å²) in [4.78, 5) is 26.7. The predicted molar refractivity (Wildman–Crippen MR) is 99.8 cm³/mol. The predicted octanol–water partition coefficient (Wildman–Crippen LogP) is 4.16. The molecule has 3 rings (SSSR count). The molecule has 0 aromatic heterocycles. The van der Waals surface area contributed by atoms with E-state index in [4.69, 9.17) is 0 Å². The molecule has 25 heavy (non-hydrogen) atoms. The first-order valence-electron chi connectivity index (χ1n) is 9.69. The van der Waals surface area contributed by atoms with E-state index in [-0.39, 0.29) is 18.0 Å². The number of likely N-dealkylation sites (tertiary alicyclic amines) is 1. The number of rotatable bonds is 3. The Morgan fingerprint density at radius 2 is 1.60 bits per heavy atom. The van der Waals surface area contributed by atoms with Gasteiger partial charge in [0, 0.05) is 30.4 Å². The van der Waals surface area contributed by atoms with Crippen LogP contribution in [0, 0.1) is 0 Å². The molecule has 1 aromatic carbocycles. The van der Waals surface area contributed by atoms with Gasteiger partial charge in [0.1, 0.15) is 0 Å². The zero-order valence-corrected chi connectivity index (χ0v) is 14.9. The normalized spacial score (nSPS) is 19.1. The van der Waals surface area contributed by atoms with Crippen LogP contribution in [0.1, 0.15) is 68.1 Å². The first-order valence-corrected chi connectivity index (χ1v) is 9.69. The number of benzene rings is 1. The highest BCUT2D eigenvalue weighted by Crippen LogP contribution is 2.18. The SMILES string of the molecule is O=C(Nc1cccc(C(=O)N2CCCC2)c1)NC1CCCCCCC1. The summed E-state index contributed by atoms with van der Waals surface area (Å²) in [7, 11) is 0. The minimum Gasteiger partial charge on any atom is -0.339 e. The van der Waals surface area contributed by atoms with Gasteiger partial charge in [-0.05, 0) is 43.9 Å². The molecule has 1 aromatic rings. The molecule has 0 radical (unpaired) electrons. The van der Waals surface area contributed by atoms with E-state index in [0.717, 1.165) is 38.8 Å². The number of amides is 3. The number of urea groups is 1. The van der Waals surface area contributed by atoms with Crippen LogP contribution in [0.25, 0.3) is 0 Å². The lowest BCUT2D eigenvalue weighted by Gasteiger charge is -2.21. The van der Waals surface area contributed by atoms with Gasteiger partial charge in [0.05, 0.1) is 0 Å².